The second kappa shape index (κ2) is 7.40. The summed E-state index contributed by atoms with van der Waals surface area (Å²) in [6.07, 6.45) is 2.50. The lowest BCUT2D eigenvalue weighted by molar-refractivity contribution is -0.130. The molecule has 4 nitrogen and oxygen atoms in total. The van der Waals surface area contributed by atoms with Gasteiger partial charge >= 0.3 is 0 Å². The summed E-state index contributed by atoms with van der Waals surface area (Å²) >= 11 is 1.56. The first-order valence-corrected chi connectivity index (χ1v) is 6.89. The monoisotopic (exact) mass is 255 g/mol. The van der Waals surface area contributed by atoms with Gasteiger partial charge in [-0.05, 0) is 25.3 Å². The standard InChI is InChI=1S/C12H21N3OS/c1-10(5-6-13)3-4-12(16)15(2)7-11-8-17-9-14-11/h8-10H,3-7,13H2,1-2H3. The molecule has 1 amide bonds. The maximum absolute atomic E-state index is 11.8. The number of thiazole rings is 1. The Hall–Kier alpha value is -0.940. The Morgan fingerprint density at radius 3 is 2.94 bits per heavy atom. The Balaban J connectivity index is 2.27. The Morgan fingerprint density at radius 1 is 1.59 bits per heavy atom. The summed E-state index contributed by atoms with van der Waals surface area (Å²) < 4.78 is 0. The van der Waals surface area contributed by atoms with Gasteiger partial charge < -0.3 is 10.6 Å². The van der Waals surface area contributed by atoms with E-state index >= 15 is 0 Å². The first kappa shape index (κ1) is 14.1. The molecular formula is C12H21N3OS. The summed E-state index contributed by atoms with van der Waals surface area (Å²) in [5.41, 5.74) is 8.23. The number of hydrogen-bond donors (Lipinski definition) is 1. The van der Waals surface area contributed by atoms with Crippen LogP contribution in [0.25, 0.3) is 0 Å². The van der Waals surface area contributed by atoms with Gasteiger partial charge in [-0.15, -0.1) is 11.3 Å². The fourth-order valence-corrected chi connectivity index (χ4v) is 2.19. The number of aromatic nitrogens is 1. The van der Waals surface area contributed by atoms with Crippen LogP contribution in [0.15, 0.2) is 10.9 Å². The maximum Gasteiger partial charge on any atom is 0.222 e. The van der Waals surface area contributed by atoms with Gasteiger partial charge in [0.15, 0.2) is 0 Å². The lowest BCUT2D eigenvalue weighted by Gasteiger charge is -2.17. The van der Waals surface area contributed by atoms with Crippen LogP contribution in [0.5, 0.6) is 0 Å². The molecule has 0 aliphatic carbocycles. The van der Waals surface area contributed by atoms with Gasteiger partial charge in [0.1, 0.15) is 0 Å². The van der Waals surface area contributed by atoms with E-state index < -0.39 is 0 Å². The highest BCUT2D eigenvalue weighted by molar-refractivity contribution is 7.07. The number of carbonyl (C=O) groups excluding carboxylic acids is 1. The Labute approximate surface area is 107 Å². The number of amides is 1. The van der Waals surface area contributed by atoms with Gasteiger partial charge in [0, 0.05) is 18.8 Å². The highest BCUT2D eigenvalue weighted by atomic mass is 32.1. The molecule has 0 fully saturated rings. The van der Waals surface area contributed by atoms with Gasteiger partial charge in [0.2, 0.25) is 5.91 Å². The van der Waals surface area contributed by atoms with Crippen molar-refractivity contribution in [3.05, 3.63) is 16.6 Å². The lowest BCUT2D eigenvalue weighted by atomic mass is 10.0. The van der Waals surface area contributed by atoms with Crippen LogP contribution in [0.4, 0.5) is 0 Å². The Bertz CT molecular complexity index is 327. The van der Waals surface area contributed by atoms with Gasteiger partial charge in [-0.3, -0.25) is 4.79 Å². The zero-order valence-corrected chi connectivity index (χ0v) is 11.4. The molecule has 1 rings (SSSR count). The second-order valence-electron chi connectivity index (χ2n) is 4.45. The molecule has 1 heterocycles. The van der Waals surface area contributed by atoms with Crippen LogP contribution in [0.1, 0.15) is 31.9 Å². The van der Waals surface area contributed by atoms with E-state index in [1.165, 1.54) is 0 Å². The molecule has 0 aliphatic rings. The van der Waals surface area contributed by atoms with E-state index in [1.54, 1.807) is 21.7 Å². The molecule has 1 unspecified atom stereocenters. The summed E-state index contributed by atoms with van der Waals surface area (Å²) in [6, 6.07) is 0. The van der Waals surface area contributed by atoms with Gasteiger partial charge in [-0.1, -0.05) is 6.92 Å². The Morgan fingerprint density at radius 2 is 2.35 bits per heavy atom. The summed E-state index contributed by atoms with van der Waals surface area (Å²) in [7, 11) is 1.83. The van der Waals surface area contributed by atoms with Crippen LogP contribution in [0, 0.1) is 5.92 Å². The number of rotatable bonds is 7. The summed E-state index contributed by atoms with van der Waals surface area (Å²) in [4.78, 5) is 17.8. The first-order valence-electron chi connectivity index (χ1n) is 5.94. The molecule has 0 aromatic carbocycles. The van der Waals surface area contributed by atoms with E-state index in [-0.39, 0.29) is 5.91 Å². The van der Waals surface area contributed by atoms with Crippen molar-refractivity contribution in [1.29, 1.82) is 0 Å². The van der Waals surface area contributed by atoms with E-state index in [4.69, 9.17) is 5.73 Å². The van der Waals surface area contributed by atoms with Crippen LogP contribution < -0.4 is 5.73 Å². The molecule has 0 saturated carbocycles. The van der Waals surface area contributed by atoms with Crippen molar-refractivity contribution in [2.75, 3.05) is 13.6 Å². The highest BCUT2D eigenvalue weighted by Crippen LogP contribution is 2.11. The zero-order chi connectivity index (χ0) is 12.7. The van der Waals surface area contributed by atoms with Crippen LogP contribution in [-0.4, -0.2) is 29.4 Å². The average molecular weight is 255 g/mol. The molecule has 1 aromatic rings. The molecule has 0 aliphatic heterocycles. The molecule has 0 saturated heterocycles. The summed E-state index contributed by atoms with van der Waals surface area (Å²) in [5.74, 6) is 0.707. The van der Waals surface area contributed by atoms with E-state index in [2.05, 4.69) is 11.9 Å². The molecule has 0 spiro atoms. The van der Waals surface area contributed by atoms with Crippen LogP contribution in [0.2, 0.25) is 0 Å². The lowest BCUT2D eigenvalue weighted by Crippen LogP contribution is -2.26. The smallest absolute Gasteiger partial charge is 0.222 e. The molecule has 0 radical (unpaired) electrons. The molecule has 5 heteroatoms. The summed E-state index contributed by atoms with van der Waals surface area (Å²) in [5, 5.41) is 1.97. The molecule has 1 aromatic heterocycles. The zero-order valence-electron chi connectivity index (χ0n) is 10.6. The van der Waals surface area contributed by atoms with Crippen molar-refractivity contribution in [1.82, 2.24) is 9.88 Å². The van der Waals surface area contributed by atoms with E-state index in [1.807, 2.05) is 12.4 Å². The maximum atomic E-state index is 11.8. The summed E-state index contributed by atoms with van der Waals surface area (Å²) in [6.45, 7) is 3.44. The Kier molecular flexibility index (Phi) is 6.15. The predicted molar refractivity (Wildman–Crippen MR) is 70.7 cm³/mol. The molecule has 17 heavy (non-hydrogen) atoms. The predicted octanol–water partition coefficient (Wildman–Crippen LogP) is 1.87. The molecule has 96 valence electrons. The molecule has 1 atom stereocenters. The average Bonchev–Trinajstić information content (AvgIpc) is 2.79. The third-order valence-electron chi connectivity index (χ3n) is 2.82. The third-order valence-corrected chi connectivity index (χ3v) is 3.45. The minimum absolute atomic E-state index is 0.182. The topological polar surface area (TPSA) is 59.2 Å². The number of nitrogens with two attached hydrogens (primary N) is 1. The fourth-order valence-electron chi connectivity index (χ4n) is 1.64. The molecule has 0 bridgehead atoms. The first-order chi connectivity index (χ1) is 8.13. The van der Waals surface area contributed by atoms with Crippen molar-refractivity contribution in [2.45, 2.75) is 32.7 Å². The van der Waals surface area contributed by atoms with Crippen LogP contribution in [-0.2, 0) is 11.3 Å². The molecule has 2 N–H and O–H groups in total. The van der Waals surface area contributed by atoms with E-state index in [0.717, 1.165) is 18.5 Å². The largest absolute Gasteiger partial charge is 0.340 e. The van der Waals surface area contributed by atoms with Crippen LogP contribution >= 0.6 is 11.3 Å². The van der Waals surface area contributed by atoms with E-state index in [0.29, 0.717) is 25.4 Å². The number of nitrogens with zero attached hydrogens (tertiary/aromatic N) is 2. The van der Waals surface area contributed by atoms with Gasteiger partial charge in [-0.25, -0.2) is 4.98 Å². The van der Waals surface area contributed by atoms with Crippen molar-refractivity contribution in [3.8, 4) is 0 Å². The van der Waals surface area contributed by atoms with Crippen molar-refractivity contribution < 1.29 is 4.79 Å². The minimum Gasteiger partial charge on any atom is -0.340 e. The second-order valence-corrected chi connectivity index (χ2v) is 5.17. The third kappa shape index (κ3) is 5.28. The SMILES string of the molecule is CC(CCN)CCC(=O)N(C)Cc1cscn1. The van der Waals surface area contributed by atoms with E-state index in [9.17, 15) is 4.79 Å². The van der Waals surface area contributed by atoms with Gasteiger partial charge in [0.25, 0.3) is 0 Å². The van der Waals surface area contributed by atoms with Crippen molar-refractivity contribution >= 4 is 17.2 Å². The van der Waals surface area contributed by atoms with Gasteiger partial charge in [0.05, 0.1) is 17.7 Å². The molecular weight excluding hydrogens is 234 g/mol. The van der Waals surface area contributed by atoms with Crippen molar-refractivity contribution in [2.24, 2.45) is 11.7 Å². The quantitative estimate of drug-likeness (QED) is 0.809. The van der Waals surface area contributed by atoms with Gasteiger partial charge in [-0.2, -0.15) is 0 Å². The normalized spacial score (nSPS) is 12.4. The fraction of sp³-hybridized carbons (Fsp3) is 0.667. The minimum atomic E-state index is 0.182. The highest BCUT2D eigenvalue weighted by Gasteiger charge is 2.11. The van der Waals surface area contributed by atoms with Crippen molar-refractivity contribution in [3.63, 3.8) is 0 Å². The van der Waals surface area contributed by atoms with Crippen LogP contribution in [0.3, 0.4) is 0 Å². The number of carbonyl (C=O) groups is 1. The number of hydrogen-bond acceptors (Lipinski definition) is 4.